The lowest BCUT2D eigenvalue weighted by Crippen LogP contribution is -2.40. The number of hydrogen-bond acceptors (Lipinski definition) is 4. The molecule has 1 aliphatic heterocycles. The van der Waals surface area contributed by atoms with Crippen LogP contribution in [-0.2, 0) is 17.7 Å². The Hall–Kier alpha value is -2.17. The Morgan fingerprint density at radius 3 is 2.81 bits per heavy atom. The molecule has 112 valence electrons. The summed E-state index contributed by atoms with van der Waals surface area (Å²) in [7, 11) is 0. The number of ether oxygens (including phenoxy) is 1. The quantitative estimate of drug-likeness (QED) is 0.786. The smallest absolute Gasteiger partial charge is 0.410 e. The fraction of sp³-hybridized carbons (Fsp3) is 0.438. The molecular formula is C16H21N3O2. The van der Waals surface area contributed by atoms with Crippen molar-refractivity contribution in [3.8, 4) is 0 Å². The van der Waals surface area contributed by atoms with E-state index in [2.05, 4.69) is 23.3 Å². The van der Waals surface area contributed by atoms with E-state index in [1.165, 1.54) is 0 Å². The molecule has 1 aliphatic rings. The molecular weight excluding hydrogens is 266 g/mol. The normalized spacial score (nSPS) is 14.3. The fourth-order valence-corrected chi connectivity index (χ4v) is 2.16. The van der Waals surface area contributed by atoms with E-state index in [4.69, 9.17) is 4.74 Å². The first-order chi connectivity index (χ1) is 9.80. The molecule has 0 saturated carbocycles. The van der Waals surface area contributed by atoms with Gasteiger partial charge in [0.05, 0.1) is 12.2 Å². The molecule has 2 rings (SSSR count). The van der Waals surface area contributed by atoms with Crippen molar-refractivity contribution in [2.45, 2.75) is 39.3 Å². The molecule has 5 heteroatoms. The molecule has 0 N–H and O–H groups in total. The molecule has 1 aromatic rings. The van der Waals surface area contributed by atoms with Gasteiger partial charge in [-0.2, -0.15) is 0 Å². The van der Waals surface area contributed by atoms with Gasteiger partial charge < -0.3 is 9.64 Å². The highest BCUT2D eigenvalue weighted by Crippen LogP contribution is 2.23. The van der Waals surface area contributed by atoms with E-state index in [9.17, 15) is 4.79 Å². The van der Waals surface area contributed by atoms with Crippen molar-refractivity contribution < 1.29 is 9.53 Å². The van der Waals surface area contributed by atoms with E-state index < -0.39 is 5.60 Å². The highest BCUT2D eigenvalue weighted by Gasteiger charge is 2.26. The van der Waals surface area contributed by atoms with Crippen LogP contribution in [-0.4, -0.2) is 34.8 Å². The zero-order chi connectivity index (χ0) is 15.6. The molecule has 0 radical (unpaired) electrons. The lowest BCUT2D eigenvalue weighted by atomic mass is 10.0. The van der Waals surface area contributed by atoms with Gasteiger partial charge in [0, 0.05) is 30.4 Å². The summed E-state index contributed by atoms with van der Waals surface area (Å²) in [6.07, 6.45) is 2.18. The average molecular weight is 287 g/mol. The standard InChI is InChI=1S/C16H21N3O2/c1-11(17-5)12-8-13-10-19(7-6-14(13)18-9-12)15(20)21-16(2,3)4/h8-9H,1,5-7,10H2,2-4H3. The second kappa shape index (κ2) is 5.68. The third kappa shape index (κ3) is 3.68. The van der Waals surface area contributed by atoms with Gasteiger partial charge in [-0.05, 0) is 39.1 Å². The Morgan fingerprint density at radius 2 is 2.19 bits per heavy atom. The first kappa shape index (κ1) is 15.2. The molecule has 0 fully saturated rings. The van der Waals surface area contributed by atoms with Crippen molar-refractivity contribution in [1.82, 2.24) is 9.88 Å². The van der Waals surface area contributed by atoms with Gasteiger partial charge in [-0.25, -0.2) is 4.79 Å². The maximum Gasteiger partial charge on any atom is 0.410 e. The van der Waals surface area contributed by atoms with Crippen LogP contribution in [0.5, 0.6) is 0 Å². The van der Waals surface area contributed by atoms with Crippen LogP contribution in [0.2, 0.25) is 0 Å². The number of amides is 1. The van der Waals surface area contributed by atoms with Gasteiger partial charge >= 0.3 is 6.09 Å². The molecule has 2 heterocycles. The Morgan fingerprint density at radius 1 is 1.48 bits per heavy atom. The lowest BCUT2D eigenvalue weighted by Gasteiger charge is -2.31. The predicted octanol–water partition coefficient (Wildman–Crippen LogP) is 3.05. The second-order valence-corrected chi connectivity index (χ2v) is 6.09. The summed E-state index contributed by atoms with van der Waals surface area (Å²) in [5.74, 6) is 0. The highest BCUT2D eigenvalue weighted by atomic mass is 16.6. The van der Waals surface area contributed by atoms with E-state index in [1.807, 2.05) is 26.8 Å². The van der Waals surface area contributed by atoms with Gasteiger partial charge in [-0.3, -0.25) is 9.98 Å². The monoisotopic (exact) mass is 287 g/mol. The summed E-state index contributed by atoms with van der Waals surface area (Å²) >= 11 is 0. The number of carbonyl (C=O) groups excluding carboxylic acids is 1. The number of carbonyl (C=O) groups is 1. The van der Waals surface area contributed by atoms with E-state index in [0.29, 0.717) is 18.8 Å². The van der Waals surface area contributed by atoms with Crippen LogP contribution in [0.4, 0.5) is 4.79 Å². The number of fused-ring (bicyclic) bond motifs is 1. The molecule has 1 aromatic heterocycles. The van der Waals surface area contributed by atoms with Crippen LogP contribution < -0.4 is 0 Å². The lowest BCUT2D eigenvalue weighted by molar-refractivity contribution is 0.0223. The first-order valence-electron chi connectivity index (χ1n) is 6.92. The summed E-state index contributed by atoms with van der Waals surface area (Å²) in [5, 5.41) is 0. The van der Waals surface area contributed by atoms with E-state index in [-0.39, 0.29) is 6.09 Å². The molecule has 0 atom stereocenters. The van der Waals surface area contributed by atoms with E-state index in [1.54, 1.807) is 11.1 Å². The maximum atomic E-state index is 12.1. The van der Waals surface area contributed by atoms with Crippen LogP contribution in [0.3, 0.4) is 0 Å². The number of nitrogens with zero attached hydrogens (tertiary/aromatic N) is 3. The van der Waals surface area contributed by atoms with Crippen LogP contribution >= 0.6 is 0 Å². The van der Waals surface area contributed by atoms with Crippen molar-refractivity contribution >= 4 is 18.5 Å². The summed E-state index contributed by atoms with van der Waals surface area (Å²) < 4.78 is 5.41. The van der Waals surface area contributed by atoms with Crippen molar-refractivity contribution in [1.29, 1.82) is 0 Å². The molecule has 0 aliphatic carbocycles. The van der Waals surface area contributed by atoms with E-state index >= 15 is 0 Å². The Balaban J connectivity index is 2.17. The minimum Gasteiger partial charge on any atom is -0.444 e. The van der Waals surface area contributed by atoms with Crippen molar-refractivity contribution in [3.05, 3.63) is 35.7 Å². The minimum atomic E-state index is -0.488. The topological polar surface area (TPSA) is 54.8 Å². The maximum absolute atomic E-state index is 12.1. The van der Waals surface area contributed by atoms with E-state index in [0.717, 1.165) is 23.2 Å². The molecule has 21 heavy (non-hydrogen) atoms. The number of hydrogen-bond donors (Lipinski definition) is 0. The minimum absolute atomic E-state index is 0.292. The van der Waals surface area contributed by atoms with Crippen LogP contribution in [0.1, 0.15) is 37.6 Å². The molecule has 0 unspecified atom stereocenters. The first-order valence-corrected chi connectivity index (χ1v) is 6.92. The summed E-state index contributed by atoms with van der Waals surface area (Å²) in [6.45, 7) is 14.0. The summed E-state index contributed by atoms with van der Waals surface area (Å²) in [5.41, 5.74) is 2.94. The average Bonchev–Trinajstić information content (AvgIpc) is 2.43. The largest absolute Gasteiger partial charge is 0.444 e. The number of aliphatic imine (C=N–C) groups is 1. The molecule has 0 saturated heterocycles. The molecule has 5 nitrogen and oxygen atoms in total. The van der Waals surface area contributed by atoms with Gasteiger partial charge in [-0.1, -0.05) is 6.58 Å². The van der Waals surface area contributed by atoms with Crippen molar-refractivity contribution in [2.75, 3.05) is 6.54 Å². The van der Waals surface area contributed by atoms with Gasteiger partial charge in [-0.15, -0.1) is 0 Å². The zero-order valence-corrected chi connectivity index (χ0v) is 12.8. The second-order valence-electron chi connectivity index (χ2n) is 6.09. The highest BCUT2D eigenvalue weighted by molar-refractivity contribution is 5.69. The van der Waals surface area contributed by atoms with Crippen LogP contribution in [0.15, 0.2) is 23.8 Å². The fourth-order valence-electron chi connectivity index (χ4n) is 2.16. The number of rotatable bonds is 2. The van der Waals surface area contributed by atoms with Crippen LogP contribution in [0.25, 0.3) is 5.70 Å². The molecule has 0 spiro atoms. The third-order valence-corrected chi connectivity index (χ3v) is 3.22. The number of pyridine rings is 1. The van der Waals surface area contributed by atoms with Gasteiger partial charge in [0.15, 0.2) is 0 Å². The third-order valence-electron chi connectivity index (χ3n) is 3.22. The Labute approximate surface area is 125 Å². The summed E-state index contributed by atoms with van der Waals surface area (Å²) in [4.78, 5) is 22.1. The molecule has 1 amide bonds. The van der Waals surface area contributed by atoms with Crippen LogP contribution in [0, 0.1) is 0 Å². The number of aromatic nitrogens is 1. The Bertz CT molecular complexity index is 588. The van der Waals surface area contributed by atoms with Gasteiger partial charge in [0.1, 0.15) is 5.60 Å². The van der Waals surface area contributed by atoms with Gasteiger partial charge in [0.2, 0.25) is 0 Å². The zero-order valence-electron chi connectivity index (χ0n) is 12.8. The van der Waals surface area contributed by atoms with Crippen molar-refractivity contribution in [3.63, 3.8) is 0 Å². The Kier molecular flexibility index (Phi) is 4.11. The van der Waals surface area contributed by atoms with Crippen molar-refractivity contribution in [2.24, 2.45) is 4.99 Å². The molecule has 0 bridgehead atoms. The summed E-state index contributed by atoms with van der Waals surface area (Å²) in [6, 6.07) is 1.97. The molecule has 0 aromatic carbocycles. The van der Waals surface area contributed by atoms with Gasteiger partial charge in [0.25, 0.3) is 0 Å². The SMILES string of the molecule is C=NC(=C)c1cnc2c(c1)CN(C(=O)OC(C)(C)C)CC2. The predicted molar refractivity (Wildman–Crippen MR) is 83.2 cm³/mol.